The molecule has 2 N–H and O–H groups in total. The molecule has 0 aliphatic carbocycles. The lowest BCUT2D eigenvalue weighted by molar-refractivity contribution is -0.00811. The fraction of sp³-hybridized carbons (Fsp3) is 1.00. The van der Waals surface area contributed by atoms with E-state index in [0.717, 1.165) is 19.6 Å². The Hall–Kier alpha value is -0.200. The fourth-order valence-electron chi connectivity index (χ4n) is 3.00. The maximum Gasteiger partial charge on any atom is 0.0900 e. The Balaban J connectivity index is 2.24. The van der Waals surface area contributed by atoms with Crippen molar-refractivity contribution in [3.05, 3.63) is 0 Å². The second-order valence-corrected chi connectivity index (χ2v) is 6.00. The van der Waals surface area contributed by atoms with Crippen molar-refractivity contribution < 1.29 is 14.6 Å². The van der Waals surface area contributed by atoms with E-state index in [2.05, 4.69) is 24.1 Å². The standard InChI is InChI=1S/C16H34N2O3/c1-4-7-17-16-6-8-18(11-14(16)5-2)12-15(19)13-21-10-9-20-3/h14-17,19H,4-13H2,1-3H3. The highest BCUT2D eigenvalue weighted by Gasteiger charge is 2.28. The maximum atomic E-state index is 10.0. The van der Waals surface area contributed by atoms with E-state index in [1.54, 1.807) is 7.11 Å². The third-order valence-corrected chi connectivity index (χ3v) is 4.21. The predicted molar refractivity (Wildman–Crippen MR) is 85.6 cm³/mol. The maximum absolute atomic E-state index is 10.0. The zero-order valence-corrected chi connectivity index (χ0v) is 14.0. The van der Waals surface area contributed by atoms with Gasteiger partial charge in [0.2, 0.25) is 0 Å². The number of nitrogens with one attached hydrogen (secondary N) is 1. The molecule has 3 atom stereocenters. The minimum Gasteiger partial charge on any atom is -0.389 e. The Morgan fingerprint density at radius 3 is 2.81 bits per heavy atom. The first-order chi connectivity index (χ1) is 10.2. The van der Waals surface area contributed by atoms with Crippen LogP contribution in [0.25, 0.3) is 0 Å². The van der Waals surface area contributed by atoms with Crippen molar-refractivity contribution in [1.29, 1.82) is 0 Å². The summed E-state index contributed by atoms with van der Waals surface area (Å²) in [7, 11) is 1.65. The SMILES string of the molecule is CCCNC1CCN(CC(O)COCCOC)CC1CC. The van der Waals surface area contributed by atoms with Crippen LogP contribution < -0.4 is 5.32 Å². The zero-order chi connectivity index (χ0) is 15.5. The molecule has 0 saturated carbocycles. The van der Waals surface area contributed by atoms with Crippen molar-refractivity contribution in [3.8, 4) is 0 Å². The molecule has 5 nitrogen and oxygen atoms in total. The Morgan fingerprint density at radius 2 is 2.14 bits per heavy atom. The summed E-state index contributed by atoms with van der Waals surface area (Å²) in [5.74, 6) is 0.687. The molecule has 0 aromatic carbocycles. The van der Waals surface area contributed by atoms with Crippen LogP contribution in [0.15, 0.2) is 0 Å². The smallest absolute Gasteiger partial charge is 0.0900 e. The van der Waals surface area contributed by atoms with E-state index in [-0.39, 0.29) is 0 Å². The normalized spacial score (nSPS) is 25.1. The lowest BCUT2D eigenvalue weighted by Crippen LogP contribution is -2.51. The van der Waals surface area contributed by atoms with Gasteiger partial charge in [0.1, 0.15) is 0 Å². The quantitative estimate of drug-likeness (QED) is 0.560. The number of piperidine rings is 1. The molecule has 21 heavy (non-hydrogen) atoms. The summed E-state index contributed by atoms with van der Waals surface area (Å²) in [5, 5.41) is 13.7. The largest absolute Gasteiger partial charge is 0.389 e. The van der Waals surface area contributed by atoms with Gasteiger partial charge in [0.05, 0.1) is 25.9 Å². The van der Waals surface area contributed by atoms with Gasteiger partial charge in [-0.05, 0) is 31.8 Å². The first-order valence-corrected chi connectivity index (χ1v) is 8.41. The van der Waals surface area contributed by atoms with Crippen molar-refractivity contribution in [2.45, 2.75) is 45.3 Å². The highest BCUT2D eigenvalue weighted by Crippen LogP contribution is 2.20. The molecule has 0 spiro atoms. The average Bonchev–Trinajstić information content (AvgIpc) is 2.50. The van der Waals surface area contributed by atoms with Gasteiger partial charge in [-0.1, -0.05) is 20.3 Å². The van der Waals surface area contributed by atoms with Crippen LogP contribution in [0.5, 0.6) is 0 Å². The summed E-state index contributed by atoms with van der Waals surface area (Å²) < 4.78 is 10.3. The molecule has 5 heteroatoms. The van der Waals surface area contributed by atoms with E-state index in [1.807, 2.05) is 0 Å². The van der Waals surface area contributed by atoms with Crippen molar-refractivity contribution >= 4 is 0 Å². The fourth-order valence-corrected chi connectivity index (χ4v) is 3.00. The molecule has 0 amide bonds. The molecule has 126 valence electrons. The molecule has 1 aliphatic heterocycles. The van der Waals surface area contributed by atoms with E-state index < -0.39 is 6.10 Å². The topological polar surface area (TPSA) is 54.0 Å². The van der Waals surface area contributed by atoms with Gasteiger partial charge >= 0.3 is 0 Å². The Labute approximate surface area is 130 Å². The highest BCUT2D eigenvalue weighted by atomic mass is 16.5. The molecule has 0 aromatic rings. The Morgan fingerprint density at radius 1 is 1.33 bits per heavy atom. The molecular formula is C16H34N2O3. The molecule has 0 aromatic heterocycles. The lowest BCUT2D eigenvalue weighted by Gasteiger charge is -2.39. The van der Waals surface area contributed by atoms with Gasteiger partial charge in [-0.25, -0.2) is 0 Å². The van der Waals surface area contributed by atoms with E-state index >= 15 is 0 Å². The Bertz CT molecular complexity index is 254. The second-order valence-electron chi connectivity index (χ2n) is 6.00. The molecule has 0 bridgehead atoms. The molecule has 1 rings (SSSR count). The molecule has 1 heterocycles. The van der Waals surface area contributed by atoms with E-state index in [1.165, 1.54) is 19.3 Å². The van der Waals surface area contributed by atoms with Crippen molar-refractivity contribution in [1.82, 2.24) is 10.2 Å². The third-order valence-electron chi connectivity index (χ3n) is 4.21. The van der Waals surface area contributed by atoms with Crippen LogP contribution >= 0.6 is 0 Å². The second kappa shape index (κ2) is 11.4. The number of hydrogen-bond acceptors (Lipinski definition) is 5. The monoisotopic (exact) mass is 302 g/mol. The minimum atomic E-state index is -0.403. The zero-order valence-electron chi connectivity index (χ0n) is 14.0. The minimum absolute atomic E-state index is 0.397. The first kappa shape index (κ1) is 18.8. The summed E-state index contributed by atoms with van der Waals surface area (Å²) in [4.78, 5) is 2.38. The highest BCUT2D eigenvalue weighted by molar-refractivity contribution is 4.85. The summed E-state index contributed by atoms with van der Waals surface area (Å²) in [6.07, 6.45) is 3.15. The van der Waals surface area contributed by atoms with Gasteiger partial charge in [0, 0.05) is 26.2 Å². The molecule has 0 radical (unpaired) electrons. The van der Waals surface area contributed by atoms with Crippen LogP contribution in [0.1, 0.15) is 33.1 Å². The number of methoxy groups -OCH3 is 1. The number of likely N-dealkylation sites (tertiary alicyclic amines) is 1. The van der Waals surface area contributed by atoms with E-state index in [4.69, 9.17) is 9.47 Å². The molecule has 1 fully saturated rings. The number of β-amino-alcohol motifs (C(OH)–C–C–N with tert-alkyl or cyclic N) is 1. The summed E-state index contributed by atoms with van der Waals surface area (Å²) >= 11 is 0. The van der Waals surface area contributed by atoms with Gasteiger partial charge in [0.25, 0.3) is 0 Å². The van der Waals surface area contributed by atoms with Crippen molar-refractivity contribution in [2.24, 2.45) is 5.92 Å². The first-order valence-electron chi connectivity index (χ1n) is 8.41. The van der Waals surface area contributed by atoms with Crippen molar-refractivity contribution in [2.75, 3.05) is 53.1 Å². The number of ether oxygens (including phenoxy) is 2. The molecule has 1 saturated heterocycles. The van der Waals surface area contributed by atoms with Gasteiger partial charge < -0.3 is 24.8 Å². The van der Waals surface area contributed by atoms with Crippen LogP contribution in [0.2, 0.25) is 0 Å². The van der Waals surface area contributed by atoms with Crippen molar-refractivity contribution in [3.63, 3.8) is 0 Å². The van der Waals surface area contributed by atoms with Gasteiger partial charge in [-0.15, -0.1) is 0 Å². The van der Waals surface area contributed by atoms with Crippen LogP contribution in [-0.2, 0) is 9.47 Å². The summed E-state index contributed by atoms with van der Waals surface area (Å²) in [5.41, 5.74) is 0. The van der Waals surface area contributed by atoms with Gasteiger partial charge in [0.15, 0.2) is 0 Å². The number of hydrogen-bond donors (Lipinski definition) is 2. The van der Waals surface area contributed by atoms with Crippen LogP contribution in [0, 0.1) is 5.92 Å². The molecule has 1 aliphatic rings. The lowest BCUT2D eigenvalue weighted by atomic mass is 9.89. The Kier molecular flexibility index (Phi) is 10.2. The van der Waals surface area contributed by atoms with Gasteiger partial charge in [-0.3, -0.25) is 0 Å². The molecule has 3 unspecified atom stereocenters. The number of aliphatic hydroxyl groups is 1. The van der Waals surface area contributed by atoms with E-state index in [9.17, 15) is 5.11 Å². The van der Waals surface area contributed by atoms with Crippen LogP contribution in [0.3, 0.4) is 0 Å². The third kappa shape index (κ3) is 7.56. The number of nitrogens with zero attached hydrogens (tertiary/aromatic N) is 1. The van der Waals surface area contributed by atoms with Crippen LogP contribution in [-0.4, -0.2) is 75.3 Å². The summed E-state index contributed by atoms with van der Waals surface area (Å²) in [6, 6.07) is 0.640. The number of aliphatic hydroxyl groups excluding tert-OH is 1. The van der Waals surface area contributed by atoms with Gasteiger partial charge in [-0.2, -0.15) is 0 Å². The van der Waals surface area contributed by atoms with E-state index in [0.29, 0.717) is 38.3 Å². The molecular weight excluding hydrogens is 268 g/mol. The van der Waals surface area contributed by atoms with Crippen LogP contribution in [0.4, 0.5) is 0 Å². The predicted octanol–water partition coefficient (Wildman–Crippen LogP) is 1.11. The average molecular weight is 302 g/mol. The number of rotatable bonds is 11. The summed E-state index contributed by atoms with van der Waals surface area (Å²) in [6.45, 7) is 9.96.